The van der Waals surface area contributed by atoms with Crippen LogP contribution >= 0.6 is 11.6 Å². The summed E-state index contributed by atoms with van der Waals surface area (Å²) in [6.45, 7) is 1.60. The van der Waals surface area contributed by atoms with Gasteiger partial charge in [-0.1, -0.05) is 85.3 Å². The number of para-hydroxylation sites is 1. The second-order valence-corrected chi connectivity index (χ2v) is 12.1. The van der Waals surface area contributed by atoms with Crippen molar-refractivity contribution in [1.82, 2.24) is 10.2 Å². The molecule has 0 saturated carbocycles. The first-order valence-corrected chi connectivity index (χ1v) is 15.7. The van der Waals surface area contributed by atoms with Gasteiger partial charge in [-0.2, -0.15) is 0 Å². The van der Waals surface area contributed by atoms with Crippen molar-refractivity contribution < 1.29 is 33.8 Å². The summed E-state index contributed by atoms with van der Waals surface area (Å²) in [5.41, 5.74) is -0.335. The van der Waals surface area contributed by atoms with Gasteiger partial charge in [-0.05, 0) is 30.5 Å². The van der Waals surface area contributed by atoms with Crippen molar-refractivity contribution in [2.75, 3.05) is 24.6 Å². The highest BCUT2D eigenvalue weighted by atomic mass is 35.5. The number of carbonyl (C=O) groups excluding carboxylic acids is 4. The highest BCUT2D eigenvalue weighted by Gasteiger charge is 2.74. The maximum absolute atomic E-state index is 14.8. The largest absolute Gasteiger partial charge is 0.455 e. The van der Waals surface area contributed by atoms with E-state index in [1.807, 2.05) is 43.3 Å². The van der Waals surface area contributed by atoms with Crippen LogP contribution in [0.5, 0.6) is 0 Å². The fourth-order valence-electron chi connectivity index (χ4n) is 7.01. The minimum atomic E-state index is -1.46. The van der Waals surface area contributed by atoms with E-state index in [4.69, 9.17) is 21.1 Å². The van der Waals surface area contributed by atoms with E-state index in [1.165, 1.54) is 9.80 Å². The number of cyclic esters (lactones) is 1. The maximum atomic E-state index is 14.8. The summed E-state index contributed by atoms with van der Waals surface area (Å²) in [6.07, 6.45) is 6.41. The number of anilines is 1. The Labute approximate surface area is 266 Å². The minimum Gasteiger partial charge on any atom is -0.455 e. The summed E-state index contributed by atoms with van der Waals surface area (Å²) < 4.78 is 12.5. The number of hydrogen-bond donors (Lipinski definition) is 2. The Morgan fingerprint density at radius 2 is 1.80 bits per heavy atom. The molecular weight excluding hydrogens is 598 g/mol. The van der Waals surface area contributed by atoms with Gasteiger partial charge in [0.25, 0.3) is 5.91 Å². The minimum absolute atomic E-state index is 0.0477. The fourth-order valence-corrected chi connectivity index (χ4v) is 7.25. The highest BCUT2D eigenvalue weighted by Crippen LogP contribution is 2.56. The Hall–Kier alpha value is -3.99. The smallest absolute Gasteiger partial charge is 0.313 e. The molecule has 0 unspecified atom stereocenters. The molecule has 0 aliphatic carbocycles. The van der Waals surface area contributed by atoms with Crippen molar-refractivity contribution in [2.24, 2.45) is 11.8 Å². The van der Waals surface area contributed by atoms with E-state index in [0.717, 1.165) is 0 Å². The number of ether oxygens (including phenoxy) is 2. The molecule has 2 N–H and O–H groups in total. The number of carbonyl (C=O) groups is 4. The number of fused-ring (bicyclic) bond motifs is 2. The first-order valence-electron chi connectivity index (χ1n) is 15.3. The number of aliphatic hydroxyl groups is 1. The van der Waals surface area contributed by atoms with Gasteiger partial charge in [0, 0.05) is 13.0 Å². The molecule has 1 spiro atoms. The van der Waals surface area contributed by atoms with Crippen molar-refractivity contribution in [3.63, 3.8) is 0 Å². The van der Waals surface area contributed by atoms with Crippen LogP contribution in [-0.2, 0) is 28.7 Å². The van der Waals surface area contributed by atoms with Gasteiger partial charge in [-0.15, -0.1) is 0 Å². The van der Waals surface area contributed by atoms with Crippen molar-refractivity contribution in [3.05, 3.63) is 89.5 Å². The first kappa shape index (κ1) is 31.0. The predicted octanol–water partition coefficient (Wildman–Crippen LogP) is 3.35. The first-order chi connectivity index (χ1) is 21.8. The highest BCUT2D eigenvalue weighted by molar-refractivity contribution is 6.34. The molecule has 2 saturated heterocycles. The average molecular weight is 634 g/mol. The van der Waals surface area contributed by atoms with Gasteiger partial charge < -0.3 is 29.7 Å². The predicted molar refractivity (Wildman–Crippen MR) is 166 cm³/mol. The van der Waals surface area contributed by atoms with Gasteiger partial charge in [-0.3, -0.25) is 19.2 Å². The van der Waals surface area contributed by atoms with Crippen molar-refractivity contribution in [1.29, 1.82) is 0 Å². The number of halogens is 1. The van der Waals surface area contributed by atoms with Crippen LogP contribution in [0.3, 0.4) is 0 Å². The van der Waals surface area contributed by atoms with Crippen LogP contribution in [0.15, 0.2) is 78.9 Å². The second kappa shape index (κ2) is 12.8. The summed E-state index contributed by atoms with van der Waals surface area (Å²) in [7, 11) is 0. The van der Waals surface area contributed by atoms with E-state index >= 15 is 0 Å². The van der Waals surface area contributed by atoms with Gasteiger partial charge >= 0.3 is 5.97 Å². The Morgan fingerprint density at radius 3 is 2.53 bits per heavy atom. The van der Waals surface area contributed by atoms with Crippen LogP contribution in [0, 0.1) is 11.8 Å². The van der Waals surface area contributed by atoms with E-state index in [2.05, 4.69) is 5.32 Å². The molecule has 4 heterocycles. The third kappa shape index (κ3) is 5.45. The molecule has 10 nitrogen and oxygen atoms in total. The molecule has 3 amide bonds. The number of likely N-dealkylation sites (tertiary alicyclic amines) is 1. The number of amides is 3. The molecule has 5 bridgehead atoms. The van der Waals surface area contributed by atoms with Crippen LogP contribution in [0.1, 0.15) is 37.9 Å². The monoisotopic (exact) mass is 633 g/mol. The Kier molecular flexibility index (Phi) is 8.81. The summed E-state index contributed by atoms with van der Waals surface area (Å²) in [6, 6.07) is 14.1. The van der Waals surface area contributed by atoms with Gasteiger partial charge in [-0.25, -0.2) is 0 Å². The lowest BCUT2D eigenvalue weighted by Crippen LogP contribution is -2.58. The number of rotatable bonds is 5. The molecule has 236 valence electrons. The zero-order chi connectivity index (χ0) is 31.7. The van der Waals surface area contributed by atoms with Crippen molar-refractivity contribution in [2.45, 2.75) is 56.1 Å². The number of benzene rings is 2. The van der Waals surface area contributed by atoms with Crippen LogP contribution in [0.25, 0.3) is 0 Å². The number of esters is 1. The topological polar surface area (TPSA) is 125 Å². The second-order valence-electron chi connectivity index (χ2n) is 11.7. The quantitative estimate of drug-likeness (QED) is 0.382. The van der Waals surface area contributed by atoms with Gasteiger partial charge in [0.05, 0.1) is 41.9 Å². The van der Waals surface area contributed by atoms with Crippen LogP contribution in [-0.4, -0.2) is 77.2 Å². The molecule has 0 aromatic heterocycles. The maximum Gasteiger partial charge on any atom is 0.313 e. The SMILES string of the molecule is CC[C@@H](CO)N1C(=O)[C@H]2[C@@H]3C(=O)O[C@H](c4ccccc4)CNC(=O)CC/C=C\CN(c4ccccc4Cl)C(=O)[C@H]1[C@@]21C=C[C@@H]3O1. The zero-order valence-corrected chi connectivity index (χ0v) is 25.6. The van der Waals surface area contributed by atoms with E-state index in [-0.39, 0.29) is 32.0 Å². The Balaban J connectivity index is 1.46. The molecule has 11 heteroatoms. The molecule has 2 fully saturated rings. The van der Waals surface area contributed by atoms with Gasteiger partial charge in [0.15, 0.2) is 0 Å². The lowest BCUT2D eigenvalue weighted by Gasteiger charge is -2.38. The summed E-state index contributed by atoms with van der Waals surface area (Å²) >= 11 is 6.60. The van der Waals surface area contributed by atoms with E-state index in [1.54, 1.807) is 42.5 Å². The van der Waals surface area contributed by atoms with Gasteiger partial charge in [0.2, 0.25) is 11.8 Å². The lowest BCUT2D eigenvalue weighted by atomic mass is 9.74. The Bertz CT molecular complexity index is 1530. The number of hydrogen-bond acceptors (Lipinski definition) is 7. The third-order valence-corrected chi connectivity index (χ3v) is 9.53. The Morgan fingerprint density at radius 1 is 1.04 bits per heavy atom. The molecular formula is C34H36ClN3O7. The zero-order valence-electron chi connectivity index (χ0n) is 24.9. The lowest BCUT2D eigenvalue weighted by molar-refractivity contribution is -0.160. The normalized spacial score (nSPS) is 31.5. The molecule has 6 rings (SSSR count). The van der Waals surface area contributed by atoms with Crippen molar-refractivity contribution in [3.8, 4) is 0 Å². The summed E-state index contributed by atoms with van der Waals surface area (Å²) in [4.78, 5) is 58.9. The van der Waals surface area contributed by atoms with E-state index < -0.39 is 59.5 Å². The van der Waals surface area contributed by atoms with E-state index in [9.17, 15) is 24.3 Å². The van der Waals surface area contributed by atoms with E-state index in [0.29, 0.717) is 29.1 Å². The summed E-state index contributed by atoms with van der Waals surface area (Å²) in [5, 5.41) is 13.6. The summed E-state index contributed by atoms with van der Waals surface area (Å²) in [5.74, 6) is -3.89. The average Bonchev–Trinajstić information content (AvgIpc) is 3.69. The molecule has 45 heavy (non-hydrogen) atoms. The van der Waals surface area contributed by atoms with Crippen LogP contribution in [0.2, 0.25) is 5.02 Å². The van der Waals surface area contributed by atoms with Crippen molar-refractivity contribution >= 4 is 41.0 Å². The molecule has 7 atom stereocenters. The van der Waals surface area contributed by atoms with Crippen LogP contribution < -0.4 is 10.2 Å². The molecule has 4 aliphatic rings. The molecule has 0 radical (unpaired) electrons. The number of aliphatic hydroxyl groups excluding tert-OH is 1. The fraction of sp³-hybridized carbons (Fsp3) is 0.412. The van der Waals surface area contributed by atoms with Crippen LogP contribution in [0.4, 0.5) is 5.69 Å². The standard InChI is InChI=1S/C34H36ClN3O7/c1-2-22(20-39)38-30-32(42)37(24-14-9-8-13-23(24)35)18-10-4-7-15-27(40)36-19-26(21-11-5-3-6-12-21)44-33(43)28-25-16-17-34(30,45-25)29(28)31(38)41/h3-6,8-14,16-17,22,25-26,28-30,39H,2,7,15,18-20H2,1H3,(H,36,40)/b10-4-/t22-,25-,26-,28+,29+,30-,34+/m0/s1. The number of nitrogens with one attached hydrogen (secondary N) is 1. The molecule has 2 aromatic carbocycles. The third-order valence-electron chi connectivity index (χ3n) is 9.21. The molecule has 2 aromatic rings. The van der Waals surface area contributed by atoms with Gasteiger partial charge in [0.1, 0.15) is 23.7 Å². The molecule has 4 aliphatic heterocycles. The number of nitrogens with zero attached hydrogens (tertiary/aromatic N) is 2. The number of allylic oxidation sites excluding steroid dienone is 1.